The van der Waals surface area contributed by atoms with Crippen molar-refractivity contribution < 1.29 is 14.4 Å². The van der Waals surface area contributed by atoms with Crippen LogP contribution >= 0.6 is 27.3 Å². The highest BCUT2D eigenvalue weighted by Gasteiger charge is 2.35. The molecule has 1 atom stereocenters. The predicted octanol–water partition coefficient (Wildman–Crippen LogP) is 5.12. The number of nitrogens with zero attached hydrogens (tertiary/aromatic N) is 4. The van der Waals surface area contributed by atoms with Gasteiger partial charge in [0.2, 0.25) is 5.91 Å². The third-order valence-corrected chi connectivity index (χ3v) is 10.7. The lowest BCUT2D eigenvalue weighted by atomic mass is 9.98. The molecule has 11 heteroatoms. The van der Waals surface area contributed by atoms with Gasteiger partial charge in [0, 0.05) is 60.1 Å². The Kier molecular flexibility index (Phi) is 9.35. The van der Waals surface area contributed by atoms with E-state index in [1.54, 1.807) is 16.2 Å². The van der Waals surface area contributed by atoms with Gasteiger partial charge in [0.25, 0.3) is 0 Å². The number of urea groups is 2. The van der Waals surface area contributed by atoms with E-state index in [4.69, 9.17) is 0 Å². The van der Waals surface area contributed by atoms with Crippen LogP contribution in [0.4, 0.5) is 15.3 Å². The zero-order valence-corrected chi connectivity index (χ0v) is 26.5. The van der Waals surface area contributed by atoms with Crippen LogP contribution < -0.4 is 10.6 Å². The van der Waals surface area contributed by atoms with Crippen molar-refractivity contribution in [2.45, 2.75) is 76.0 Å². The molecule has 4 aliphatic heterocycles. The monoisotopic (exact) mass is 656 g/mol. The third-order valence-electron chi connectivity index (χ3n) is 9.39. The van der Waals surface area contributed by atoms with Crippen molar-refractivity contribution in [1.29, 1.82) is 0 Å². The number of likely N-dealkylation sites (tertiary alicyclic amines) is 3. The number of benzene rings is 1. The maximum Gasteiger partial charge on any atom is 0.322 e. The van der Waals surface area contributed by atoms with Gasteiger partial charge in [-0.15, -0.1) is 11.3 Å². The van der Waals surface area contributed by atoms with Crippen LogP contribution in [0.2, 0.25) is 0 Å². The van der Waals surface area contributed by atoms with E-state index < -0.39 is 6.04 Å². The number of piperidine rings is 3. The molecule has 0 radical (unpaired) electrons. The molecule has 0 spiro atoms. The smallest absolute Gasteiger partial charge is 0.322 e. The van der Waals surface area contributed by atoms with Crippen molar-refractivity contribution in [1.82, 2.24) is 24.9 Å². The van der Waals surface area contributed by atoms with Gasteiger partial charge in [0.05, 0.1) is 12.2 Å². The van der Waals surface area contributed by atoms with Gasteiger partial charge in [0.1, 0.15) is 6.04 Å². The first-order valence-corrected chi connectivity index (χ1v) is 17.1. The zero-order chi connectivity index (χ0) is 29.1. The number of hydrogen-bond acceptors (Lipinski definition) is 5. The van der Waals surface area contributed by atoms with E-state index in [9.17, 15) is 14.4 Å². The summed E-state index contributed by atoms with van der Waals surface area (Å²) >= 11 is 5.14. The minimum atomic E-state index is -0.624. The summed E-state index contributed by atoms with van der Waals surface area (Å²) in [4.78, 5) is 48.4. The molecule has 2 N–H and O–H groups in total. The molecule has 1 aromatic carbocycles. The van der Waals surface area contributed by atoms with Crippen molar-refractivity contribution in [3.05, 3.63) is 50.6 Å². The first-order chi connectivity index (χ1) is 20.4. The van der Waals surface area contributed by atoms with Crippen LogP contribution in [0.3, 0.4) is 0 Å². The Morgan fingerprint density at radius 1 is 0.952 bits per heavy atom. The summed E-state index contributed by atoms with van der Waals surface area (Å²) in [6.45, 7) is 5.54. The average molecular weight is 658 g/mol. The normalized spacial score (nSPS) is 21.5. The summed E-state index contributed by atoms with van der Waals surface area (Å²) in [6, 6.07) is 7.71. The van der Waals surface area contributed by atoms with Gasteiger partial charge in [-0.3, -0.25) is 4.79 Å². The van der Waals surface area contributed by atoms with Crippen LogP contribution in [-0.4, -0.2) is 95.0 Å². The largest absolute Gasteiger partial charge is 0.341 e. The molecule has 9 nitrogen and oxygen atoms in total. The fourth-order valence-electron chi connectivity index (χ4n) is 6.97. The number of halogens is 1. The SMILES string of the molecule is O=C(NC(Cc1cccc(Br)c1)C(=O)N1CCC(N2CCCCC2)CC1)N1CCC(N2Cc3cscc3NC2=O)CC1. The van der Waals surface area contributed by atoms with Crippen LogP contribution in [0.15, 0.2) is 39.5 Å². The molecule has 0 bridgehead atoms. The lowest BCUT2D eigenvalue weighted by Crippen LogP contribution is -2.57. The molecule has 5 heterocycles. The van der Waals surface area contributed by atoms with Crippen molar-refractivity contribution in [2.24, 2.45) is 0 Å². The Labute approximate surface area is 260 Å². The number of anilines is 1. The molecule has 3 saturated heterocycles. The van der Waals surface area contributed by atoms with E-state index in [-0.39, 0.29) is 24.0 Å². The minimum Gasteiger partial charge on any atom is -0.341 e. The highest BCUT2D eigenvalue weighted by molar-refractivity contribution is 9.10. The summed E-state index contributed by atoms with van der Waals surface area (Å²) in [7, 11) is 0. The summed E-state index contributed by atoms with van der Waals surface area (Å²) < 4.78 is 0.957. The number of carbonyl (C=O) groups excluding carboxylic acids is 3. The summed E-state index contributed by atoms with van der Waals surface area (Å²) in [6.07, 6.45) is 7.75. The second-order valence-electron chi connectivity index (χ2n) is 12.1. The Morgan fingerprint density at radius 2 is 1.67 bits per heavy atom. The molecule has 42 heavy (non-hydrogen) atoms. The summed E-state index contributed by atoms with van der Waals surface area (Å²) in [5.74, 6) is 0.00635. The fraction of sp³-hybridized carbons (Fsp3) is 0.581. The predicted molar refractivity (Wildman–Crippen MR) is 169 cm³/mol. The second kappa shape index (κ2) is 13.3. The highest BCUT2D eigenvalue weighted by atomic mass is 79.9. The lowest BCUT2D eigenvalue weighted by Gasteiger charge is -2.41. The second-order valence-corrected chi connectivity index (χ2v) is 13.7. The molecule has 1 unspecified atom stereocenters. The van der Waals surface area contributed by atoms with E-state index in [0.29, 0.717) is 44.9 Å². The first-order valence-electron chi connectivity index (χ1n) is 15.4. The number of carbonyl (C=O) groups is 3. The van der Waals surface area contributed by atoms with Gasteiger partial charge in [0.15, 0.2) is 0 Å². The standard InChI is InChI=1S/C31H41BrN6O3S/c32-24-6-4-5-22(17-24)18-27(29(39)36-13-7-25(8-14-36)35-11-2-1-3-12-35)33-30(40)37-15-9-26(10-16-37)38-19-23-20-42-21-28(23)34-31(38)41/h4-6,17,20-21,25-27H,1-3,7-16,18-19H2,(H,33,40)(H,34,41). The maximum atomic E-state index is 13.9. The van der Waals surface area contributed by atoms with Gasteiger partial charge in [-0.25, -0.2) is 9.59 Å². The summed E-state index contributed by atoms with van der Waals surface area (Å²) in [5, 5.41) is 10.2. The summed E-state index contributed by atoms with van der Waals surface area (Å²) in [5.41, 5.74) is 3.07. The molecule has 1 aromatic heterocycles. The minimum absolute atomic E-state index is 0.00635. The maximum absolute atomic E-state index is 13.9. The van der Waals surface area contributed by atoms with E-state index in [2.05, 4.69) is 36.8 Å². The van der Waals surface area contributed by atoms with Crippen LogP contribution in [0, 0.1) is 0 Å². The number of thiophene rings is 1. The van der Waals surface area contributed by atoms with Crippen LogP contribution in [0.25, 0.3) is 0 Å². The highest BCUT2D eigenvalue weighted by Crippen LogP contribution is 2.30. The number of rotatable bonds is 6. The van der Waals surface area contributed by atoms with Crippen LogP contribution in [0.5, 0.6) is 0 Å². The van der Waals surface area contributed by atoms with E-state index >= 15 is 0 Å². The Bertz CT molecular complexity index is 1270. The molecule has 2 aromatic rings. The molecule has 5 amide bonds. The molecule has 0 aliphatic carbocycles. The van der Waals surface area contributed by atoms with Gasteiger partial charge >= 0.3 is 12.1 Å². The van der Waals surface area contributed by atoms with E-state index in [1.165, 1.54) is 32.4 Å². The van der Waals surface area contributed by atoms with Crippen molar-refractivity contribution >= 4 is 50.9 Å². The van der Waals surface area contributed by atoms with Crippen LogP contribution in [0.1, 0.15) is 56.1 Å². The van der Waals surface area contributed by atoms with Gasteiger partial charge in [-0.2, -0.15) is 0 Å². The Balaban J connectivity index is 1.07. The third kappa shape index (κ3) is 6.78. The quantitative estimate of drug-likeness (QED) is 0.452. The number of hydrogen-bond donors (Lipinski definition) is 2. The molecule has 3 fully saturated rings. The van der Waals surface area contributed by atoms with Crippen molar-refractivity contribution in [3.8, 4) is 0 Å². The number of nitrogens with one attached hydrogen (secondary N) is 2. The number of amides is 5. The Hall–Kier alpha value is -2.63. The fourth-order valence-corrected chi connectivity index (χ4v) is 8.20. The zero-order valence-electron chi connectivity index (χ0n) is 24.1. The lowest BCUT2D eigenvalue weighted by molar-refractivity contribution is -0.134. The molecular weight excluding hydrogens is 616 g/mol. The molecule has 4 aliphatic rings. The van der Waals surface area contributed by atoms with Crippen LogP contribution in [-0.2, 0) is 17.8 Å². The van der Waals surface area contributed by atoms with E-state index in [1.807, 2.05) is 39.4 Å². The van der Waals surface area contributed by atoms with Crippen molar-refractivity contribution in [2.75, 3.05) is 44.6 Å². The molecular formula is C31H41BrN6O3S. The Morgan fingerprint density at radius 3 is 2.40 bits per heavy atom. The molecule has 6 rings (SSSR count). The molecule has 226 valence electrons. The van der Waals surface area contributed by atoms with Gasteiger partial charge in [-0.05, 0) is 74.7 Å². The number of fused-ring (bicyclic) bond motifs is 1. The van der Waals surface area contributed by atoms with Gasteiger partial charge < -0.3 is 30.2 Å². The molecule has 0 saturated carbocycles. The van der Waals surface area contributed by atoms with Gasteiger partial charge in [-0.1, -0.05) is 34.5 Å². The average Bonchev–Trinajstić information content (AvgIpc) is 3.48. The van der Waals surface area contributed by atoms with E-state index in [0.717, 1.165) is 47.2 Å². The topological polar surface area (TPSA) is 88.2 Å². The van der Waals surface area contributed by atoms with Crippen molar-refractivity contribution in [3.63, 3.8) is 0 Å². The first kappa shape index (κ1) is 29.4.